The summed E-state index contributed by atoms with van der Waals surface area (Å²) in [5, 5.41) is 0.591. The van der Waals surface area contributed by atoms with E-state index in [1.54, 1.807) is 22.6 Å². The molecule has 0 fully saturated rings. The van der Waals surface area contributed by atoms with Gasteiger partial charge in [-0.05, 0) is 34.2 Å². The summed E-state index contributed by atoms with van der Waals surface area (Å²) < 4.78 is 25.3. The minimum atomic E-state index is -2.51. The van der Waals surface area contributed by atoms with Gasteiger partial charge in [-0.1, -0.05) is 27.5 Å². The van der Waals surface area contributed by atoms with E-state index in [4.69, 9.17) is 11.6 Å². The molecule has 1 heterocycles. The highest BCUT2D eigenvalue weighted by molar-refractivity contribution is 14.1. The Balaban J connectivity index is 3.30. The molecular formula is C7H4BrClF2IN. The normalized spacial score (nSPS) is 10.9. The van der Waals surface area contributed by atoms with Gasteiger partial charge in [0.15, 0.2) is 0 Å². The van der Waals surface area contributed by atoms with E-state index >= 15 is 0 Å². The van der Waals surface area contributed by atoms with Gasteiger partial charge in [-0.2, -0.15) is 0 Å². The largest absolute Gasteiger partial charge is 0.266 e. The van der Waals surface area contributed by atoms with Gasteiger partial charge in [0, 0.05) is 5.33 Å². The van der Waals surface area contributed by atoms with E-state index in [-0.39, 0.29) is 14.4 Å². The SMILES string of the molecule is FC(F)c1c(CBr)cc(Cl)nc1I. The predicted molar refractivity (Wildman–Crippen MR) is 59.6 cm³/mol. The van der Waals surface area contributed by atoms with Crippen LogP contribution in [0.5, 0.6) is 0 Å². The second-order valence-electron chi connectivity index (χ2n) is 2.24. The number of nitrogens with zero attached hydrogens (tertiary/aromatic N) is 1. The lowest BCUT2D eigenvalue weighted by Gasteiger charge is -2.08. The molecule has 0 radical (unpaired) electrons. The van der Waals surface area contributed by atoms with Gasteiger partial charge in [0.05, 0.1) is 5.56 Å². The molecule has 0 amide bonds. The average Bonchev–Trinajstić information content (AvgIpc) is 2.01. The smallest absolute Gasteiger partial charge is 0.230 e. The molecule has 0 aliphatic heterocycles. The summed E-state index contributed by atoms with van der Waals surface area (Å²) in [7, 11) is 0. The Kier molecular flexibility index (Phi) is 4.31. The van der Waals surface area contributed by atoms with Crippen LogP contribution in [0, 0.1) is 3.70 Å². The van der Waals surface area contributed by atoms with Crippen molar-refractivity contribution in [2.24, 2.45) is 0 Å². The van der Waals surface area contributed by atoms with Crippen LogP contribution in [0.4, 0.5) is 8.78 Å². The maximum Gasteiger partial charge on any atom is 0.266 e. The molecule has 1 aromatic heterocycles. The molecule has 6 heteroatoms. The Morgan fingerprint density at radius 1 is 1.62 bits per heavy atom. The van der Waals surface area contributed by atoms with E-state index in [0.717, 1.165) is 0 Å². The number of hydrogen-bond acceptors (Lipinski definition) is 1. The zero-order chi connectivity index (χ0) is 10.0. The number of aromatic nitrogens is 1. The van der Waals surface area contributed by atoms with Crippen LogP contribution in [0.1, 0.15) is 17.6 Å². The van der Waals surface area contributed by atoms with Crippen LogP contribution in [-0.4, -0.2) is 4.98 Å². The van der Waals surface area contributed by atoms with Crippen molar-refractivity contribution in [3.63, 3.8) is 0 Å². The monoisotopic (exact) mass is 381 g/mol. The molecule has 0 aliphatic carbocycles. The quantitative estimate of drug-likeness (QED) is 0.425. The standard InChI is InChI=1S/C7H4BrClF2IN/c8-2-3-1-4(9)13-7(12)5(3)6(10)11/h1,6H,2H2. The highest BCUT2D eigenvalue weighted by Crippen LogP contribution is 2.29. The second-order valence-corrected chi connectivity index (χ2v) is 4.21. The van der Waals surface area contributed by atoms with Crippen LogP contribution in [0.25, 0.3) is 0 Å². The molecular weight excluding hydrogens is 378 g/mol. The van der Waals surface area contributed by atoms with Crippen molar-refractivity contribution in [1.29, 1.82) is 0 Å². The molecule has 0 unspecified atom stereocenters. The lowest BCUT2D eigenvalue weighted by atomic mass is 10.2. The first-order valence-electron chi connectivity index (χ1n) is 3.25. The summed E-state index contributed by atoms with van der Waals surface area (Å²) in [5.41, 5.74) is 0.446. The lowest BCUT2D eigenvalue weighted by Crippen LogP contribution is -1.99. The minimum absolute atomic E-state index is 0.0399. The van der Waals surface area contributed by atoms with E-state index in [2.05, 4.69) is 20.9 Å². The first-order chi connectivity index (χ1) is 6.06. The van der Waals surface area contributed by atoms with Gasteiger partial charge in [0.2, 0.25) is 0 Å². The Morgan fingerprint density at radius 2 is 2.23 bits per heavy atom. The fraction of sp³-hybridized carbons (Fsp3) is 0.286. The lowest BCUT2D eigenvalue weighted by molar-refractivity contribution is 0.149. The molecule has 1 aromatic rings. The predicted octanol–water partition coefficient (Wildman–Crippen LogP) is 4.17. The number of alkyl halides is 3. The number of halogens is 5. The third-order valence-electron chi connectivity index (χ3n) is 1.43. The van der Waals surface area contributed by atoms with Gasteiger partial charge in [0.1, 0.15) is 8.85 Å². The summed E-state index contributed by atoms with van der Waals surface area (Å²) in [5.74, 6) is 0. The van der Waals surface area contributed by atoms with Crippen molar-refractivity contribution in [3.8, 4) is 0 Å². The molecule has 1 rings (SSSR count). The zero-order valence-corrected chi connectivity index (χ0v) is 10.7. The number of hydrogen-bond donors (Lipinski definition) is 0. The Morgan fingerprint density at radius 3 is 2.69 bits per heavy atom. The molecule has 0 bridgehead atoms. The molecule has 13 heavy (non-hydrogen) atoms. The van der Waals surface area contributed by atoms with E-state index in [0.29, 0.717) is 10.9 Å². The summed E-state index contributed by atoms with van der Waals surface area (Å²) in [4.78, 5) is 3.75. The fourth-order valence-electron chi connectivity index (χ4n) is 0.881. The first-order valence-corrected chi connectivity index (χ1v) is 5.83. The topological polar surface area (TPSA) is 12.9 Å². The van der Waals surface area contributed by atoms with Gasteiger partial charge < -0.3 is 0 Å². The molecule has 0 atom stereocenters. The third kappa shape index (κ3) is 2.73. The molecule has 0 spiro atoms. The summed E-state index contributed by atoms with van der Waals surface area (Å²) >= 11 is 10.5. The van der Waals surface area contributed by atoms with Crippen LogP contribution in [-0.2, 0) is 5.33 Å². The minimum Gasteiger partial charge on any atom is -0.230 e. The molecule has 0 N–H and O–H groups in total. The van der Waals surface area contributed by atoms with Crippen LogP contribution in [0.2, 0.25) is 5.15 Å². The number of pyridine rings is 1. The van der Waals surface area contributed by atoms with E-state index in [9.17, 15) is 8.78 Å². The molecule has 0 aliphatic rings. The van der Waals surface area contributed by atoms with Crippen molar-refractivity contribution >= 4 is 50.1 Å². The zero-order valence-electron chi connectivity index (χ0n) is 6.20. The van der Waals surface area contributed by atoms with Crippen molar-refractivity contribution in [2.75, 3.05) is 0 Å². The van der Waals surface area contributed by atoms with Crippen molar-refractivity contribution in [3.05, 3.63) is 26.0 Å². The summed E-state index contributed by atoms with van der Waals surface area (Å²) in [6.45, 7) is 0. The Labute approximate surface area is 101 Å². The third-order valence-corrected chi connectivity index (χ3v) is 3.05. The van der Waals surface area contributed by atoms with Crippen molar-refractivity contribution in [2.45, 2.75) is 11.8 Å². The van der Waals surface area contributed by atoms with E-state index < -0.39 is 6.43 Å². The average molecular weight is 382 g/mol. The van der Waals surface area contributed by atoms with Gasteiger partial charge in [-0.25, -0.2) is 13.8 Å². The van der Waals surface area contributed by atoms with Crippen LogP contribution in [0.3, 0.4) is 0 Å². The van der Waals surface area contributed by atoms with E-state index in [1.165, 1.54) is 6.07 Å². The van der Waals surface area contributed by atoms with Crippen LogP contribution < -0.4 is 0 Å². The summed E-state index contributed by atoms with van der Waals surface area (Å²) in [6, 6.07) is 1.44. The van der Waals surface area contributed by atoms with Gasteiger partial charge in [0.25, 0.3) is 6.43 Å². The maximum atomic E-state index is 12.5. The fourth-order valence-corrected chi connectivity index (χ4v) is 2.55. The van der Waals surface area contributed by atoms with Crippen LogP contribution in [0.15, 0.2) is 6.07 Å². The highest BCUT2D eigenvalue weighted by Gasteiger charge is 2.18. The molecule has 72 valence electrons. The maximum absolute atomic E-state index is 12.5. The Bertz CT molecular complexity index is 322. The molecule has 0 saturated carbocycles. The van der Waals surface area contributed by atoms with Gasteiger partial charge in [-0.15, -0.1) is 0 Å². The van der Waals surface area contributed by atoms with Crippen LogP contribution >= 0.6 is 50.1 Å². The number of rotatable bonds is 2. The first kappa shape index (κ1) is 11.6. The van der Waals surface area contributed by atoms with Gasteiger partial charge >= 0.3 is 0 Å². The molecule has 0 saturated heterocycles. The van der Waals surface area contributed by atoms with Crippen molar-refractivity contribution in [1.82, 2.24) is 4.98 Å². The highest BCUT2D eigenvalue weighted by atomic mass is 127. The Hall–Kier alpha value is 0.510. The second kappa shape index (κ2) is 4.84. The summed E-state index contributed by atoms with van der Waals surface area (Å²) in [6.07, 6.45) is -2.51. The molecule has 0 aromatic carbocycles. The van der Waals surface area contributed by atoms with Crippen molar-refractivity contribution < 1.29 is 8.78 Å². The van der Waals surface area contributed by atoms with Gasteiger partial charge in [-0.3, -0.25) is 0 Å². The molecule has 1 nitrogen and oxygen atoms in total. The van der Waals surface area contributed by atoms with E-state index in [1.807, 2.05) is 0 Å².